The largest absolute Gasteiger partial charge is 0.370 e. The Morgan fingerprint density at radius 1 is 1.38 bits per heavy atom. The molecule has 1 fully saturated rings. The van der Waals surface area contributed by atoms with Gasteiger partial charge < -0.3 is 11.1 Å². The molecule has 0 unspecified atom stereocenters. The molecule has 0 radical (unpaired) electrons. The number of anilines is 1. The number of hydrogen-bond acceptors (Lipinski definition) is 4. The minimum absolute atomic E-state index is 0.0200. The Labute approximate surface area is 143 Å². The number of nitrogens with one attached hydrogen (secondary N) is 1. The van der Waals surface area contributed by atoms with Crippen molar-refractivity contribution in [2.75, 3.05) is 18.4 Å². The number of carbonyl (C=O) groups excluding carboxylic acids is 2. The van der Waals surface area contributed by atoms with Gasteiger partial charge >= 0.3 is 0 Å². The summed E-state index contributed by atoms with van der Waals surface area (Å²) in [6, 6.07) is 1.87. The van der Waals surface area contributed by atoms with Crippen LogP contribution in [-0.2, 0) is 9.59 Å². The van der Waals surface area contributed by atoms with Gasteiger partial charge in [0, 0.05) is 12.5 Å². The molecule has 1 aromatic rings. The van der Waals surface area contributed by atoms with Gasteiger partial charge in [0.2, 0.25) is 11.8 Å². The Morgan fingerprint density at radius 2 is 2.04 bits per heavy atom. The van der Waals surface area contributed by atoms with Crippen LogP contribution in [0, 0.1) is 5.92 Å². The Balaban J connectivity index is 1.89. The predicted molar refractivity (Wildman–Crippen MR) is 93.4 cm³/mol. The minimum atomic E-state index is -0.238. The standard InChI is InChI=1S/C17H29N5O2/c1-4-12(2)22-16(5-8-19-22)20-17(24)13(3)21-9-6-14(7-10-21)11-15(18)23/h5,8,12-14H,4,6-7,9-11H2,1-3H3,(H2,18,23)(H,20,24)/t12-,13+/m0/s1. The van der Waals surface area contributed by atoms with Crippen LogP contribution < -0.4 is 11.1 Å². The second-order valence-corrected chi connectivity index (χ2v) is 6.73. The number of piperidine rings is 1. The molecule has 1 aliphatic rings. The second-order valence-electron chi connectivity index (χ2n) is 6.73. The molecule has 0 spiro atoms. The fraction of sp³-hybridized carbons (Fsp3) is 0.706. The highest BCUT2D eigenvalue weighted by Gasteiger charge is 2.27. The zero-order valence-electron chi connectivity index (χ0n) is 14.9. The van der Waals surface area contributed by atoms with Gasteiger partial charge in [-0.2, -0.15) is 5.10 Å². The number of nitrogens with zero attached hydrogens (tertiary/aromatic N) is 3. The SMILES string of the molecule is CC[C@H](C)n1nccc1NC(=O)[C@@H](C)N1CCC(CC(N)=O)CC1. The molecule has 2 rings (SSSR count). The van der Waals surface area contributed by atoms with Crippen LogP contribution in [0.1, 0.15) is 52.5 Å². The van der Waals surface area contributed by atoms with Crippen LogP contribution in [0.3, 0.4) is 0 Å². The molecule has 7 heteroatoms. The van der Waals surface area contributed by atoms with Crippen LogP contribution in [0.4, 0.5) is 5.82 Å². The van der Waals surface area contributed by atoms with Gasteiger partial charge in [0.05, 0.1) is 18.3 Å². The van der Waals surface area contributed by atoms with Gasteiger partial charge in [0.25, 0.3) is 0 Å². The number of rotatable bonds is 7. The summed E-state index contributed by atoms with van der Waals surface area (Å²) in [5.74, 6) is 0.830. The number of amides is 2. The molecular weight excluding hydrogens is 306 g/mol. The molecule has 2 amide bonds. The van der Waals surface area contributed by atoms with Gasteiger partial charge in [0.1, 0.15) is 5.82 Å². The van der Waals surface area contributed by atoms with Crippen molar-refractivity contribution in [1.82, 2.24) is 14.7 Å². The maximum atomic E-state index is 12.6. The Kier molecular flexibility index (Phi) is 6.36. The van der Waals surface area contributed by atoms with E-state index in [2.05, 4.69) is 29.2 Å². The second kappa shape index (κ2) is 8.28. The van der Waals surface area contributed by atoms with Gasteiger partial charge in [-0.15, -0.1) is 0 Å². The van der Waals surface area contributed by atoms with E-state index in [4.69, 9.17) is 5.73 Å². The van der Waals surface area contributed by atoms with Crippen molar-refractivity contribution in [2.45, 2.75) is 58.5 Å². The van der Waals surface area contributed by atoms with E-state index in [9.17, 15) is 9.59 Å². The van der Waals surface area contributed by atoms with E-state index in [1.54, 1.807) is 6.20 Å². The molecule has 3 N–H and O–H groups in total. The molecular formula is C17H29N5O2. The van der Waals surface area contributed by atoms with Crippen molar-refractivity contribution in [3.8, 4) is 0 Å². The molecule has 0 bridgehead atoms. The van der Waals surface area contributed by atoms with E-state index in [0.29, 0.717) is 12.3 Å². The third kappa shape index (κ3) is 4.56. The highest BCUT2D eigenvalue weighted by atomic mass is 16.2. The average Bonchev–Trinajstić information content (AvgIpc) is 3.01. The quantitative estimate of drug-likeness (QED) is 0.794. The Hall–Kier alpha value is -1.89. The smallest absolute Gasteiger partial charge is 0.242 e. The molecule has 2 heterocycles. The van der Waals surface area contributed by atoms with Crippen LogP contribution >= 0.6 is 0 Å². The first-order valence-electron chi connectivity index (χ1n) is 8.79. The summed E-state index contributed by atoms with van der Waals surface area (Å²) >= 11 is 0. The first-order chi connectivity index (χ1) is 11.4. The fourth-order valence-electron chi connectivity index (χ4n) is 3.16. The molecule has 0 aromatic carbocycles. The van der Waals surface area contributed by atoms with E-state index in [-0.39, 0.29) is 23.9 Å². The summed E-state index contributed by atoms with van der Waals surface area (Å²) in [4.78, 5) is 25.7. The molecule has 7 nitrogen and oxygen atoms in total. The van der Waals surface area contributed by atoms with Crippen molar-refractivity contribution in [3.05, 3.63) is 12.3 Å². The van der Waals surface area contributed by atoms with Crippen molar-refractivity contribution in [3.63, 3.8) is 0 Å². The van der Waals surface area contributed by atoms with Crippen molar-refractivity contribution in [2.24, 2.45) is 11.7 Å². The third-order valence-electron chi connectivity index (χ3n) is 5.00. The molecule has 134 valence electrons. The van der Waals surface area contributed by atoms with Gasteiger partial charge in [-0.3, -0.25) is 14.5 Å². The number of aromatic nitrogens is 2. The predicted octanol–water partition coefficient (Wildman–Crippen LogP) is 1.77. The van der Waals surface area contributed by atoms with E-state index in [1.807, 2.05) is 17.7 Å². The molecule has 1 aliphatic heterocycles. The Bertz CT molecular complexity index is 563. The van der Waals surface area contributed by atoms with Crippen LogP contribution in [0.25, 0.3) is 0 Å². The summed E-state index contributed by atoms with van der Waals surface area (Å²) in [6.45, 7) is 7.73. The lowest BCUT2D eigenvalue weighted by Gasteiger charge is -2.35. The summed E-state index contributed by atoms with van der Waals surface area (Å²) in [5, 5.41) is 7.29. The fourth-order valence-corrected chi connectivity index (χ4v) is 3.16. The van der Waals surface area contributed by atoms with Crippen molar-refractivity contribution < 1.29 is 9.59 Å². The van der Waals surface area contributed by atoms with Crippen molar-refractivity contribution in [1.29, 1.82) is 0 Å². The van der Waals surface area contributed by atoms with Gasteiger partial charge in [-0.25, -0.2) is 4.68 Å². The molecule has 2 atom stereocenters. The first kappa shape index (κ1) is 18.4. The van der Waals surface area contributed by atoms with Gasteiger partial charge in [0.15, 0.2) is 0 Å². The molecule has 1 aromatic heterocycles. The van der Waals surface area contributed by atoms with Gasteiger partial charge in [-0.1, -0.05) is 6.92 Å². The van der Waals surface area contributed by atoms with E-state index in [0.717, 1.165) is 38.2 Å². The lowest BCUT2D eigenvalue weighted by atomic mass is 9.92. The molecule has 0 saturated carbocycles. The zero-order chi connectivity index (χ0) is 17.7. The summed E-state index contributed by atoms with van der Waals surface area (Å²) in [7, 11) is 0. The third-order valence-corrected chi connectivity index (χ3v) is 5.00. The lowest BCUT2D eigenvalue weighted by molar-refractivity contribution is -0.122. The van der Waals surface area contributed by atoms with E-state index in [1.165, 1.54) is 0 Å². The van der Waals surface area contributed by atoms with Crippen LogP contribution in [0.5, 0.6) is 0 Å². The minimum Gasteiger partial charge on any atom is -0.370 e. The zero-order valence-corrected chi connectivity index (χ0v) is 14.9. The number of primary amides is 1. The summed E-state index contributed by atoms with van der Waals surface area (Å²) in [6.07, 6.45) is 4.93. The maximum absolute atomic E-state index is 12.6. The van der Waals surface area contributed by atoms with Crippen LogP contribution in [-0.4, -0.2) is 45.6 Å². The number of nitrogens with two attached hydrogens (primary N) is 1. The molecule has 0 aliphatic carbocycles. The number of likely N-dealkylation sites (tertiary alicyclic amines) is 1. The molecule has 24 heavy (non-hydrogen) atoms. The van der Waals surface area contributed by atoms with Crippen molar-refractivity contribution >= 4 is 17.6 Å². The summed E-state index contributed by atoms with van der Waals surface area (Å²) < 4.78 is 1.85. The van der Waals surface area contributed by atoms with E-state index < -0.39 is 0 Å². The highest BCUT2D eigenvalue weighted by molar-refractivity contribution is 5.93. The van der Waals surface area contributed by atoms with Gasteiger partial charge in [-0.05, 0) is 52.1 Å². The highest BCUT2D eigenvalue weighted by Crippen LogP contribution is 2.22. The normalized spacial score (nSPS) is 19.0. The average molecular weight is 335 g/mol. The topological polar surface area (TPSA) is 93.2 Å². The molecule has 1 saturated heterocycles. The van der Waals surface area contributed by atoms with Crippen LogP contribution in [0.2, 0.25) is 0 Å². The first-order valence-corrected chi connectivity index (χ1v) is 8.79. The van der Waals surface area contributed by atoms with Crippen LogP contribution in [0.15, 0.2) is 12.3 Å². The maximum Gasteiger partial charge on any atom is 0.242 e. The number of carbonyl (C=O) groups is 2. The monoisotopic (exact) mass is 335 g/mol. The van der Waals surface area contributed by atoms with E-state index >= 15 is 0 Å². The lowest BCUT2D eigenvalue weighted by Crippen LogP contribution is -2.46. The Morgan fingerprint density at radius 3 is 2.62 bits per heavy atom. The summed E-state index contributed by atoms with van der Waals surface area (Å²) in [5.41, 5.74) is 5.27. The number of hydrogen-bond donors (Lipinski definition) is 2.